The van der Waals surface area contributed by atoms with Crippen molar-refractivity contribution in [3.05, 3.63) is 41.5 Å². The molecule has 0 spiro atoms. The van der Waals surface area contributed by atoms with Crippen LogP contribution in [0.1, 0.15) is 49.0 Å². The van der Waals surface area contributed by atoms with E-state index in [4.69, 9.17) is 4.74 Å². The van der Waals surface area contributed by atoms with Crippen LogP contribution in [0.3, 0.4) is 0 Å². The highest BCUT2D eigenvalue weighted by Gasteiger charge is 2.28. The van der Waals surface area contributed by atoms with Gasteiger partial charge in [0.15, 0.2) is 6.61 Å². The summed E-state index contributed by atoms with van der Waals surface area (Å²) in [5.74, 6) is -0.277. The van der Waals surface area contributed by atoms with Crippen LogP contribution < -0.4 is 5.32 Å². The number of carbonyl (C=O) groups is 3. The minimum Gasteiger partial charge on any atom is -0.465 e. The molecule has 1 amide bonds. The number of esters is 2. The molecule has 0 aliphatic heterocycles. The van der Waals surface area contributed by atoms with Crippen LogP contribution in [0.5, 0.6) is 0 Å². The Balaban J connectivity index is 1.77. The minimum atomic E-state index is -0.591. The summed E-state index contributed by atoms with van der Waals surface area (Å²) in [4.78, 5) is 35.2. The van der Waals surface area contributed by atoms with E-state index in [9.17, 15) is 14.4 Å². The number of benzene rings is 1. The Kier molecular flexibility index (Phi) is 7.58. The molecule has 3 atom stereocenters. The monoisotopic (exact) mass is 373 g/mol. The van der Waals surface area contributed by atoms with E-state index < -0.39 is 11.9 Å². The zero-order valence-electron chi connectivity index (χ0n) is 16.1. The maximum Gasteiger partial charge on any atom is 0.337 e. The molecule has 0 bridgehead atoms. The van der Waals surface area contributed by atoms with E-state index in [-0.39, 0.29) is 18.6 Å². The third-order valence-electron chi connectivity index (χ3n) is 5.14. The molecule has 1 aliphatic carbocycles. The largest absolute Gasteiger partial charge is 0.465 e. The van der Waals surface area contributed by atoms with Crippen molar-refractivity contribution in [2.45, 2.75) is 39.2 Å². The second-order valence-electron chi connectivity index (χ2n) is 7.00. The number of ether oxygens (including phenoxy) is 2. The highest BCUT2D eigenvalue weighted by atomic mass is 16.5. The number of rotatable bonds is 6. The van der Waals surface area contributed by atoms with E-state index in [1.807, 2.05) is 0 Å². The Morgan fingerprint density at radius 3 is 2.52 bits per heavy atom. The summed E-state index contributed by atoms with van der Waals surface area (Å²) in [6.45, 7) is 4.06. The fourth-order valence-corrected chi connectivity index (χ4v) is 3.23. The molecule has 1 saturated carbocycles. The van der Waals surface area contributed by atoms with Crippen molar-refractivity contribution >= 4 is 23.9 Å². The van der Waals surface area contributed by atoms with Gasteiger partial charge in [-0.1, -0.05) is 38.8 Å². The molecular formula is C21H27NO5. The third kappa shape index (κ3) is 6.24. The third-order valence-corrected chi connectivity index (χ3v) is 5.14. The molecule has 0 aromatic heterocycles. The summed E-state index contributed by atoms with van der Waals surface area (Å²) in [5.41, 5.74) is 1.16. The van der Waals surface area contributed by atoms with Crippen LogP contribution in [0.4, 0.5) is 0 Å². The van der Waals surface area contributed by atoms with Crippen LogP contribution in [-0.4, -0.2) is 37.6 Å². The first kappa shape index (κ1) is 20.7. The smallest absolute Gasteiger partial charge is 0.337 e. The topological polar surface area (TPSA) is 81.7 Å². The van der Waals surface area contributed by atoms with Gasteiger partial charge >= 0.3 is 11.9 Å². The summed E-state index contributed by atoms with van der Waals surface area (Å²) in [5, 5.41) is 2.97. The zero-order chi connectivity index (χ0) is 19.8. The fourth-order valence-electron chi connectivity index (χ4n) is 3.23. The number of hydrogen-bond acceptors (Lipinski definition) is 5. The van der Waals surface area contributed by atoms with Crippen molar-refractivity contribution in [2.75, 3.05) is 13.7 Å². The van der Waals surface area contributed by atoms with Crippen LogP contribution in [-0.2, 0) is 19.1 Å². The molecule has 6 heteroatoms. The van der Waals surface area contributed by atoms with Crippen molar-refractivity contribution in [3.63, 3.8) is 0 Å². The van der Waals surface area contributed by atoms with E-state index in [0.29, 0.717) is 17.4 Å². The van der Waals surface area contributed by atoms with E-state index in [2.05, 4.69) is 23.9 Å². The van der Waals surface area contributed by atoms with E-state index >= 15 is 0 Å². The second kappa shape index (κ2) is 9.90. The quantitative estimate of drug-likeness (QED) is 0.612. The number of nitrogens with one attached hydrogen (secondary N) is 1. The molecule has 2 rings (SSSR count). The molecule has 0 heterocycles. The van der Waals surface area contributed by atoms with Gasteiger partial charge in [0.05, 0.1) is 12.7 Å². The minimum absolute atomic E-state index is 0.142. The van der Waals surface area contributed by atoms with Gasteiger partial charge in [0.2, 0.25) is 0 Å². The predicted molar refractivity (Wildman–Crippen MR) is 102 cm³/mol. The van der Waals surface area contributed by atoms with Crippen molar-refractivity contribution < 1.29 is 23.9 Å². The van der Waals surface area contributed by atoms with E-state index in [1.54, 1.807) is 30.3 Å². The molecule has 0 saturated heterocycles. The molecule has 1 fully saturated rings. The Labute approximate surface area is 159 Å². The second-order valence-corrected chi connectivity index (χ2v) is 7.00. The maximum absolute atomic E-state index is 12.0. The zero-order valence-corrected chi connectivity index (χ0v) is 16.1. The summed E-state index contributed by atoms with van der Waals surface area (Å²) in [6, 6.07) is 6.74. The molecule has 1 aliphatic rings. The molecule has 1 aromatic rings. The Morgan fingerprint density at radius 2 is 1.85 bits per heavy atom. The van der Waals surface area contributed by atoms with Crippen LogP contribution >= 0.6 is 0 Å². The lowest BCUT2D eigenvalue weighted by molar-refractivity contribution is -0.144. The normalized spacial score (nSPS) is 22.3. The molecule has 6 nitrogen and oxygen atoms in total. The molecule has 146 valence electrons. The predicted octanol–water partition coefficient (Wildman–Crippen LogP) is 2.97. The standard InChI is InChI=1S/C21H27NO5/c1-14-5-4-6-18(15(14)2)22-19(23)13-27-20(24)12-9-16-7-10-17(11-8-16)21(25)26-3/h7-12,14-15,18H,4-6,13H2,1-3H3,(H,22,23). The molecule has 27 heavy (non-hydrogen) atoms. The van der Waals surface area contributed by atoms with Gasteiger partial charge in [-0.3, -0.25) is 4.79 Å². The number of methoxy groups -OCH3 is 1. The molecular weight excluding hydrogens is 346 g/mol. The summed E-state index contributed by atoms with van der Waals surface area (Å²) in [6.07, 6.45) is 6.08. The Bertz CT molecular complexity index is 695. The van der Waals surface area contributed by atoms with Crippen LogP contribution in [0.15, 0.2) is 30.3 Å². The van der Waals surface area contributed by atoms with Gasteiger partial charge in [0, 0.05) is 12.1 Å². The van der Waals surface area contributed by atoms with Crippen molar-refractivity contribution in [1.82, 2.24) is 5.32 Å². The van der Waals surface area contributed by atoms with Crippen molar-refractivity contribution in [2.24, 2.45) is 11.8 Å². The first-order valence-corrected chi connectivity index (χ1v) is 9.23. The summed E-state index contributed by atoms with van der Waals surface area (Å²) in [7, 11) is 1.32. The number of carbonyl (C=O) groups excluding carboxylic acids is 3. The van der Waals surface area contributed by atoms with Crippen molar-refractivity contribution in [1.29, 1.82) is 0 Å². The van der Waals surface area contributed by atoms with Gasteiger partial charge in [-0.15, -0.1) is 0 Å². The lowest BCUT2D eigenvalue weighted by Gasteiger charge is -2.34. The lowest BCUT2D eigenvalue weighted by atomic mass is 9.78. The summed E-state index contributed by atoms with van der Waals surface area (Å²) >= 11 is 0. The molecule has 1 aromatic carbocycles. The SMILES string of the molecule is COC(=O)c1ccc(C=CC(=O)OCC(=O)NC2CCCC(C)C2C)cc1. The highest BCUT2D eigenvalue weighted by molar-refractivity contribution is 5.91. The van der Waals surface area contributed by atoms with Crippen LogP contribution in [0.25, 0.3) is 6.08 Å². The van der Waals surface area contributed by atoms with Gasteiger partial charge in [-0.05, 0) is 42.0 Å². The van der Waals surface area contributed by atoms with E-state index in [0.717, 1.165) is 18.4 Å². The average Bonchev–Trinajstić information content (AvgIpc) is 2.68. The summed E-state index contributed by atoms with van der Waals surface area (Å²) < 4.78 is 9.62. The van der Waals surface area contributed by atoms with Crippen molar-refractivity contribution in [3.8, 4) is 0 Å². The molecule has 3 unspecified atom stereocenters. The molecule has 1 N–H and O–H groups in total. The van der Waals surface area contributed by atoms with E-state index in [1.165, 1.54) is 19.6 Å². The molecule has 0 radical (unpaired) electrons. The van der Waals surface area contributed by atoms with Gasteiger partial charge < -0.3 is 14.8 Å². The number of amides is 1. The Hall–Kier alpha value is -2.63. The van der Waals surface area contributed by atoms with Gasteiger partial charge in [0.1, 0.15) is 0 Å². The lowest BCUT2D eigenvalue weighted by Crippen LogP contribution is -2.45. The van der Waals surface area contributed by atoms with Crippen LogP contribution in [0.2, 0.25) is 0 Å². The van der Waals surface area contributed by atoms with Gasteiger partial charge in [-0.25, -0.2) is 9.59 Å². The first-order valence-electron chi connectivity index (χ1n) is 9.23. The van der Waals surface area contributed by atoms with Gasteiger partial charge in [0.25, 0.3) is 5.91 Å². The highest BCUT2D eigenvalue weighted by Crippen LogP contribution is 2.29. The maximum atomic E-state index is 12.0. The average molecular weight is 373 g/mol. The number of hydrogen-bond donors (Lipinski definition) is 1. The Morgan fingerprint density at radius 1 is 1.15 bits per heavy atom. The first-order chi connectivity index (χ1) is 12.9. The van der Waals surface area contributed by atoms with Gasteiger partial charge in [-0.2, -0.15) is 0 Å². The van der Waals surface area contributed by atoms with Crippen LogP contribution in [0, 0.1) is 11.8 Å². The fraction of sp³-hybridized carbons (Fsp3) is 0.476.